The number of rotatable bonds is 5. The second-order valence-corrected chi connectivity index (χ2v) is 6.85. The van der Waals surface area contributed by atoms with E-state index in [1.165, 1.54) is 11.1 Å². The molecule has 0 radical (unpaired) electrons. The monoisotopic (exact) mass is 355 g/mol. The summed E-state index contributed by atoms with van der Waals surface area (Å²) in [5, 5.41) is 0. The Morgan fingerprint density at radius 1 is 1.00 bits per heavy atom. The van der Waals surface area contributed by atoms with Crippen LogP contribution in [0.15, 0.2) is 79.1 Å². The molecule has 0 unspecified atom stereocenters. The average molecular weight is 355 g/mol. The topological polar surface area (TPSA) is 60.9 Å². The second kappa shape index (κ2) is 7.08. The second-order valence-electron chi connectivity index (χ2n) is 6.85. The maximum absolute atomic E-state index is 11.2. The number of fused-ring (bicyclic) bond motifs is 1. The Morgan fingerprint density at radius 3 is 2.56 bits per heavy atom. The van der Waals surface area contributed by atoms with E-state index < -0.39 is 0 Å². The lowest BCUT2D eigenvalue weighted by Crippen LogP contribution is -2.13. The Bertz CT molecular complexity index is 1100. The summed E-state index contributed by atoms with van der Waals surface area (Å²) in [5.41, 5.74) is 11.8. The van der Waals surface area contributed by atoms with Crippen LogP contribution < -0.4 is 5.73 Å². The number of amides is 1. The van der Waals surface area contributed by atoms with Gasteiger partial charge in [0.15, 0.2) is 0 Å². The molecule has 3 aromatic carbocycles. The minimum Gasteiger partial charge on any atom is -0.370 e. The molecule has 4 aromatic rings. The summed E-state index contributed by atoms with van der Waals surface area (Å²) in [4.78, 5) is 15.8. The fraction of sp³-hybridized carbons (Fsp3) is 0.130. The van der Waals surface area contributed by atoms with Gasteiger partial charge < -0.3 is 5.73 Å². The SMILES string of the molecule is C[C@@H](CC(N)=O)c1ccc2c(c1)ncn2-c1cccc(-c2ccccc2)c1. The van der Waals surface area contributed by atoms with Crippen molar-refractivity contribution >= 4 is 16.9 Å². The van der Waals surface area contributed by atoms with Gasteiger partial charge in [-0.3, -0.25) is 9.36 Å². The summed E-state index contributed by atoms with van der Waals surface area (Å²) in [5.74, 6) is -0.204. The van der Waals surface area contributed by atoms with Crippen LogP contribution in [0.3, 0.4) is 0 Å². The molecule has 4 heteroatoms. The minimum absolute atomic E-state index is 0.0819. The molecule has 1 amide bonds. The van der Waals surface area contributed by atoms with E-state index in [2.05, 4.69) is 58.1 Å². The Kier molecular flexibility index (Phi) is 4.47. The van der Waals surface area contributed by atoms with Gasteiger partial charge in [0.1, 0.15) is 6.33 Å². The van der Waals surface area contributed by atoms with Crippen LogP contribution in [-0.4, -0.2) is 15.5 Å². The van der Waals surface area contributed by atoms with E-state index in [-0.39, 0.29) is 11.8 Å². The molecular weight excluding hydrogens is 334 g/mol. The van der Waals surface area contributed by atoms with E-state index in [1.807, 2.05) is 37.5 Å². The zero-order chi connectivity index (χ0) is 18.8. The van der Waals surface area contributed by atoms with Crippen molar-refractivity contribution in [3.8, 4) is 16.8 Å². The molecule has 1 atom stereocenters. The number of imidazole rings is 1. The highest BCUT2D eigenvalue weighted by Crippen LogP contribution is 2.27. The molecule has 0 saturated carbocycles. The number of primary amides is 1. The molecule has 0 aliphatic heterocycles. The number of hydrogen-bond acceptors (Lipinski definition) is 2. The van der Waals surface area contributed by atoms with E-state index in [0.717, 1.165) is 22.3 Å². The van der Waals surface area contributed by atoms with Gasteiger partial charge in [-0.1, -0.05) is 55.5 Å². The third-order valence-corrected chi connectivity index (χ3v) is 4.88. The molecule has 0 spiro atoms. The van der Waals surface area contributed by atoms with E-state index in [1.54, 1.807) is 0 Å². The average Bonchev–Trinajstić information content (AvgIpc) is 3.11. The quantitative estimate of drug-likeness (QED) is 0.565. The zero-order valence-electron chi connectivity index (χ0n) is 15.2. The maximum Gasteiger partial charge on any atom is 0.218 e. The third kappa shape index (κ3) is 3.47. The molecule has 0 aliphatic carbocycles. The van der Waals surface area contributed by atoms with Crippen molar-refractivity contribution in [2.75, 3.05) is 0 Å². The molecule has 4 rings (SSSR count). The fourth-order valence-corrected chi connectivity index (χ4v) is 3.43. The highest BCUT2D eigenvalue weighted by Gasteiger charge is 2.12. The van der Waals surface area contributed by atoms with Crippen molar-refractivity contribution in [3.05, 3.63) is 84.7 Å². The van der Waals surface area contributed by atoms with Crippen LogP contribution in [0.2, 0.25) is 0 Å². The van der Waals surface area contributed by atoms with E-state index in [9.17, 15) is 4.79 Å². The van der Waals surface area contributed by atoms with Gasteiger partial charge in [0.25, 0.3) is 0 Å². The number of nitrogens with two attached hydrogens (primary N) is 1. The summed E-state index contributed by atoms with van der Waals surface area (Å²) in [6, 6.07) is 24.9. The smallest absolute Gasteiger partial charge is 0.218 e. The lowest BCUT2D eigenvalue weighted by Gasteiger charge is -2.11. The third-order valence-electron chi connectivity index (χ3n) is 4.88. The number of carbonyl (C=O) groups is 1. The highest BCUT2D eigenvalue weighted by molar-refractivity contribution is 5.80. The predicted molar refractivity (Wildman–Crippen MR) is 109 cm³/mol. The molecule has 1 heterocycles. The predicted octanol–water partition coefficient (Wildman–Crippen LogP) is 4.67. The Hall–Kier alpha value is -3.40. The van der Waals surface area contributed by atoms with Gasteiger partial charge in [-0.05, 0) is 46.9 Å². The zero-order valence-corrected chi connectivity index (χ0v) is 15.2. The van der Waals surface area contributed by atoms with Crippen LogP contribution >= 0.6 is 0 Å². The summed E-state index contributed by atoms with van der Waals surface area (Å²) < 4.78 is 2.09. The number of aromatic nitrogens is 2. The van der Waals surface area contributed by atoms with Gasteiger partial charge in [0.05, 0.1) is 11.0 Å². The largest absolute Gasteiger partial charge is 0.370 e. The lowest BCUT2D eigenvalue weighted by molar-refractivity contribution is -0.118. The van der Waals surface area contributed by atoms with Gasteiger partial charge in [0, 0.05) is 12.1 Å². The van der Waals surface area contributed by atoms with Crippen molar-refractivity contribution in [2.45, 2.75) is 19.3 Å². The summed E-state index contributed by atoms with van der Waals surface area (Å²) in [7, 11) is 0. The Balaban J connectivity index is 1.72. The molecule has 134 valence electrons. The van der Waals surface area contributed by atoms with Crippen molar-refractivity contribution in [1.29, 1.82) is 0 Å². The first-order valence-corrected chi connectivity index (χ1v) is 9.03. The number of benzene rings is 3. The van der Waals surface area contributed by atoms with Gasteiger partial charge in [-0.15, -0.1) is 0 Å². The summed E-state index contributed by atoms with van der Waals surface area (Å²) in [6.45, 7) is 2.01. The van der Waals surface area contributed by atoms with Crippen molar-refractivity contribution in [2.24, 2.45) is 5.73 Å². The van der Waals surface area contributed by atoms with Crippen molar-refractivity contribution in [3.63, 3.8) is 0 Å². The van der Waals surface area contributed by atoms with Crippen LogP contribution in [0.1, 0.15) is 24.8 Å². The van der Waals surface area contributed by atoms with E-state index in [4.69, 9.17) is 5.73 Å². The fourth-order valence-electron chi connectivity index (χ4n) is 3.43. The van der Waals surface area contributed by atoms with Crippen LogP contribution in [0, 0.1) is 0 Å². The Labute approximate surface area is 158 Å². The van der Waals surface area contributed by atoms with Crippen molar-refractivity contribution < 1.29 is 4.79 Å². The number of hydrogen-bond donors (Lipinski definition) is 1. The molecule has 0 aliphatic rings. The highest BCUT2D eigenvalue weighted by atomic mass is 16.1. The molecule has 1 aromatic heterocycles. The standard InChI is InChI=1S/C23H21N3O/c1-16(12-23(24)27)18-10-11-22-21(14-18)25-15-26(22)20-9-5-8-19(13-20)17-6-3-2-4-7-17/h2-11,13-16H,12H2,1H3,(H2,24,27)/t16-/m0/s1. The van der Waals surface area contributed by atoms with E-state index >= 15 is 0 Å². The lowest BCUT2D eigenvalue weighted by atomic mass is 9.97. The molecule has 0 saturated heterocycles. The molecule has 27 heavy (non-hydrogen) atoms. The van der Waals surface area contributed by atoms with E-state index in [0.29, 0.717) is 6.42 Å². The first-order valence-electron chi connectivity index (χ1n) is 9.03. The summed E-state index contributed by atoms with van der Waals surface area (Å²) in [6.07, 6.45) is 2.18. The first kappa shape index (κ1) is 17.0. The Morgan fingerprint density at radius 2 is 1.78 bits per heavy atom. The van der Waals surface area contributed by atoms with Gasteiger partial charge >= 0.3 is 0 Å². The molecule has 0 fully saturated rings. The molecular formula is C23H21N3O. The molecule has 0 bridgehead atoms. The van der Waals surface area contributed by atoms with Crippen LogP contribution in [0.4, 0.5) is 0 Å². The first-order chi connectivity index (χ1) is 13.1. The minimum atomic E-state index is -0.286. The van der Waals surface area contributed by atoms with Crippen LogP contribution in [0.5, 0.6) is 0 Å². The number of carbonyl (C=O) groups excluding carboxylic acids is 1. The van der Waals surface area contributed by atoms with Gasteiger partial charge in [-0.2, -0.15) is 0 Å². The van der Waals surface area contributed by atoms with Crippen LogP contribution in [-0.2, 0) is 4.79 Å². The van der Waals surface area contributed by atoms with Gasteiger partial charge in [-0.25, -0.2) is 4.98 Å². The number of nitrogens with zero attached hydrogens (tertiary/aromatic N) is 2. The normalized spacial score (nSPS) is 12.2. The summed E-state index contributed by atoms with van der Waals surface area (Å²) >= 11 is 0. The molecule has 2 N–H and O–H groups in total. The van der Waals surface area contributed by atoms with Gasteiger partial charge in [0.2, 0.25) is 5.91 Å². The molecule has 4 nitrogen and oxygen atoms in total. The maximum atomic E-state index is 11.2. The van der Waals surface area contributed by atoms with Crippen LogP contribution in [0.25, 0.3) is 27.8 Å². The van der Waals surface area contributed by atoms with Crippen molar-refractivity contribution in [1.82, 2.24) is 9.55 Å².